The number of ketones is 1. The van der Waals surface area contributed by atoms with Crippen LogP contribution in [-0.4, -0.2) is 36.0 Å². The van der Waals surface area contributed by atoms with E-state index in [1.807, 2.05) is 20.8 Å². The Balaban J connectivity index is 1.87. The van der Waals surface area contributed by atoms with Crippen LogP contribution in [0.15, 0.2) is 11.3 Å². The van der Waals surface area contributed by atoms with E-state index in [2.05, 4.69) is 20.8 Å². The van der Waals surface area contributed by atoms with Gasteiger partial charge in [0.1, 0.15) is 22.9 Å². The minimum Gasteiger partial charge on any atom is -0.490 e. The zero-order valence-electron chi connectivity index (χ0n) is 20.8. The van der Waals surface area contributed by atoms with Gasteiger partial charge in [0.25, 0.3) is 0 Å². The molecule has 0 radical (unpaired) electrons. The van der Waals surface area contributed by atoms with Crippen molar-refractivity contribution in [2.75, 3.05) is 7.11 Å². The summed E-state index contributed by atoms with van der Waals surface area (Å²) in [4.78, 5) is 38.3. The number of methoxy groups -OCH3 is 1. The first kappa shape index (κ1) is 23.3. The molecule has 2 saturated heterocycles. The van der Waals surface area contributed by atoms with Crippen molar-refractivity contribution in [3.8, 4) is 0 Å². The quantitative estimate of drug-likeness (QED) is 0.433. The van der Waals surface area contributed by atoms with Crippen LogP contribution in [0.25, 0.3) is 0 Å². The smallest absolute Gasteiger partial charge is 0.316 e. The molecule has 0 bridgehead atoms. The molecule has 0 aromatic heterocycles. The number of rotatable bonds is 1. The third-order valence-corrected chi connectivity index (χ3v) is 9.87. The van der Waals surface area contributed by atoms with Crippen LogP contribution in [0.4, 0.5) is 0 Å². The molecule has 4 aliphatic rings. The van der Waals surface area contributed by atoms with E-state index in [0.717, 1.165) is 18.6 Å². The third kappa shape index (κ3) is 2.80. The van der Waals surface area contributed by atoms with E-state index in [1.165, 1.54) is 7.11 Å². The molecule has 0 amide bonds. The molecule has 2 heterocycles. The van der Waals surface area contributed by atoms with Gasteiger partial charge < -0.3 is 14.2 Å². The first-order chi connectivity index (χ1) is 14.7. The second-order valence-corrected chi connectivity index (χ2v) is 11.7. The molecule has 2 aliphatic heterocycles. The number of esters is 2. The lowest BCUT2D eigenvalue weighted by molar-refractivity contribution is -0.202. The summed E-state index contributed by atoms with van der Waals surface area (Å²) in [5.41, 5.74) is -1.36. The molecule has 0 unspecified atom stereocenters. The number of cyclic esters (lactones) is 1. The minimum absolute atomic E-state index is 0.143. The first-order valence-corrected chi connectivity index (χ1v) is 12.0. The Kier molecular flexibility index (Phi) is 5.15. The van der Waals surface area contributed by atoms with E-state index in [1.54, 1.807) is 6.92 Å². The first-order valence-electron chi connectivity index (χ1n) is 12.0. The number of hydrogen-bond acceptors (Lipinski definition) is 6. The van der Waals surface area contributed by atoms with Gasteiger partial charge in [-0.1, -0.05) is 27.7 Å². The minimum atomic E-state index is -0.814. The van der Waals surface area contributed by atoms with Crippen LogP contribution >= 0.6 is 0 Å². The molecule has 32 heavy (non-hydrogen) atoms. The Bertz CT molecular complexity index is 902. The van der Waals surface area contributed by atoms with Crippen molar-refractivity contribution in [2.45, 2.75) is 91.8 Å². The van der Waals surface area contributed by atoms with Gasteiger partial charge in [0.05, 0.1) is 7.11 Å². The summed E-state index contributed by atoms with van der Waals surface area (Å²) in [6.07, 6.45) is 3.70. The molecule has 2 aliphatic carbocycles. The summed E-state index contributed by atoms with van der Waals surface area (Å²) in [5.74, 6) is -0.756. The second kappa shape index (κ2) is 7.07. The maximum absolute atomic E-state index is 13.2. The van der Waals surface area contributed by atoms with Gasteiger partial charge in [0.15, 0.2) is 5.78 Å². The van der Waals surface area contributed by atoms with E-state index in [4.69, 9.17) is 14.2 Å². The van der Waals surface area contributed by atoms with Crippen LogP contribution in [-0.2, 0) is 28.6 Å². The summed E-state index contributed by atoms with van der Waals surface area (Å²) in [7, 11) is 1.34. The van der Waals surface area contributed by atoms with Gasteiger partial charge in [-0.2, -0.15) is 0 Å². The molecule has 178 valence electrons. The van der Waals surface area contributed by atoms with Gasteiger partial charge in [0.2, 0.25) is 0 Å². The highest BCUT2D eigenvalue weighted by Crippen LogP contribution is 2.69. The van der Waals surface area contributed by atoms with Crippen LogP contribution in [0, 0.1) is 34.5 Å². The lowest BCUT2D eigenvalue weighted by Crippen LogP contribution is -2.61. The maximum atomic E-state index is 13.2. The summed E-state index contributed by atoms with van der Waals surface area (Å²) < 4.78 is 18.0. The van der Waals surface area contributed by atoms with Crippen LogP contribution in [0.2, 0.25) is 0 Å². The summed E-state index contributed by atoms with van der Waals surface area (Å²) >= 11 is 0. The van der Waals surface area contributed by atoms with Gasteiger partial charge >= 0.3 is 11.9 Å². The predicted molar refractivity (Wildman–Crippen MR) is 118 cm³/mol. The average molecular weight is 447 g/mol. The molecule has 6 heteroatoms. The van der Waals surface area contributed by atoms with E-state index in [9.17, 15) is 14.4 Å². The zero-order valence-corrected chi connectivity index (χ0v) is 20.8. The Labute approximate surface area is 191 Å². The van der Waals surface area contributed by atoms with Gasteiger partial charge in [0, 0.05) is 35.2 Å². The van der Waals surface area contributed by atoms with E-state index in [-0.39, 0.29) is 34.9 Å². The van der Waals surface area contributed by atoms with Crippen LogP contribution < -0.4 is 0 Å². The van der Waals surface area contributed by atoms with Crippen molar-refractivity contribution >= 4 is 17.7 Å². The lowest BCUT2D eigenvalue weighted by Gasteiger charge is -2.59. The van der Waals surface area contributed by atoms with Gasteiger partial charge in [-0.05, 0) is 51.9 Å². The number of ether oxygens (including phenoxy) is 3. The molecule has 0 aromatic carbocycles. The predicted octanol–water partition coefficient (Wildman–Crippen LogP) is 4.60. The molecule has 0 N–H and O–H groups in total. The highest BCUT2D eigenvalue weighted by atomic mass is 16.6. The molecule has 4 rings (SSSR count). The molecule has 1 saturated carbocycles. The summed E-state index contributed by atoms with van der Waals surface area (Å²) in [5, 5.41) is 0. The molecule has 0 aromatic rings. The molecule has 1 spiro atoms. The van der Waals surface area contributed by atoms with E-state index < -0.39 is 28.5 Å². The monoisotopic (exact) mass is 446 g/mol. The molecule has 3 fully saturated rings. The van der Waals surface area contributed by atoms with Crippen LogP contribution in [0.1, 0.15) is 80.6 Å². The van der Waals surface area contributed by atoms with Crippen LogP contribution in [0.5, 0.6) is 0 Å². The molecular formula is C26H38O6. The topological polar surface area (TPSA) is 78.9 Å². The van der Waals surface area contributed by atoms with Gasteiger partial charge in [-0.15, -0.1) is 0 Å². The highest BCUT2D eigenvalue weighted by molar-refractivity contribution is 6.09. The number of hydrogen-bond donors (Lipinski definition) is 0. The SMILES string of the molecule is COC(=O)[C@@H]1C(=O)C(C)=C2O[C@@]3(C[C@]2(C)[C@H]1C)[C@@H](C)CC[C@H]1C(C)(C)OC(=O)CC[C@@]13C. The number of fused-ring (bicyclic) bond motifs is 3. The highest BCUT2D eigenvalue weighted by Gasteiger charge is 2.71. The van der Waals surface area contributed by atoms with Crippen molar-refractivity contribution in [3.63, 3.8) is 0 Å². The van der Waals surface area contributed by atoms with Gasteiger partial charge in [-0.3, -0.25) is 14.4 Å². The Morgan fingerprint density at radius 3 is 2.34 bits per heavy atom. The van der Waals surface area contributed by atoms with Crippen molar-refractivity contribution in [2.24, 2.45) is 34.5 Å². The van der Waals surface area contributed by atoms with Crippen molar-refractivity contribution in [1.29, 1.82) is 0 Å². The Hall–Kier alpha value is -1.85. The average Bonchev–Trinajstić information content (AvgIpc) is 3.01. The zero-order chi connectivity index (χ0) is 23.9. The summed E-state index contributed by atoms with van der Waals surface area (Å²) in [6.45, 7) is 14.4. The molecule has 7 atom stereocenters. The van der Waals surface area contributed by atoms with E-state index in [0.29, 0.717) is 24.8 Å². The van der Waals surface area contributed by atoms with Gasteiger partial charge in [-0.25, -0.2) is 0 Å². The Morgan fingerprint density at radius 2 is 1.72 bits per heavy atom. The van der Waals surface area contributed by atoms with Crippen molar-refractivity contribution < 1.29 is 28.6 Å². The maximum Gasteiger partial charge on any atom is 0.316 e. The van der Waals surface area contributed by atoms with E-state index >= 15 is 0 Å². The fraction of sp³-hybridized carbons (Fsp3) is 0.808. The molecular weight excluding hydrogens is 408 g/mol. The van der Waals surface area contributed by atoms with Crippen molar-refractivity contribution in [3.05, 3.63) is 11.3 Å². The number of Topliss-reactive ketones (excluding diaryl/α,β-unsaturated/α-hetero) is 1. The second-order valence-electron chi connectivity index (χ2n) is 11.7. The summed E-state index contributed by atoms with van der Waals surface area (Å²) in [6, 6.07) is 0. The fourth-order valence-electron chi connectivity index (χ4n) is 7.91. The molecule has 6 nitrogen and oxygen atoms in total. The van der Waals surface area contributed by atoms with Crippen LogP contribution in [0.3, 0.4) is 0 Å². The van der Waals surface area contributed by atoms with Crippen molar-refractivity contribution in [1.82, 2.24) is 0 Å². The normalized spacial score (nSPS) is 45.5. The number of allylic oxidation sites excluding steroid dienone is 2. The Morgan fingerprint density at radius 1 is 1.06 bits per heavy atom. The fourth-order valence-corrected chi connectivity index (χ4v) is 7.91. The largest absolute Gasteiger partial charge is 0.490 e. The number of carbonyl (C=O) groups is 3. The number of carbonyl (C=O) groups excluding carboxylic acids is 3. The lowest BCUT2D eigenvalue weighted by atomic mass is 9.47. The third-order valence-electron chi connectivity index (χ3n) is 9.87. The standard InChI is InChI=1S/C26H38O6/c1-14-9-10-17-23(4,5)31-18(27)11-12-25(17,7)26(14)13-24(6)16(3)19(22(29)30-8)20(28)15(2)21(24)32-26/h14,16-17,19H,9-13H2,1-8H3/t14-,16-,17-,19-,24+,25-,26-/m0/s1.